The van der Waals surface area contributed by atoms with E-state index in [-0.39, 0.29) is 23.4 Å². The Labute approximate surface area is 144 Å². The van der Waals surface area contributed by atoms with Crippen LogP contribution in [0, 0.1) is 0 Å². The molecule has 3 rings (SSSR count). The van der Waals surface area contributed by atoms with Gasteiger partial charge in [0.1, 0.15) is 11.8 Å². The van der Waals surface area contributed by atoms with E-state index >= 15 is 0 Å². The lowest BCUT2D eigenvalue weighted by molar-refractivity contribution is 0.0238. The standard InChI is InChI=1S/C17H21N3O3S/c1-3-20-8-4-5-13(16(20)21)19-17(22)18-11(2)15-12-7-10-24-14(12)6-9-23-15/h4-5,7-8,10-11,15H,3,6,9H2,1-2H3,(H2,18,19,22)/t11-,15+/m1/s1. The van der Waals surface area contributed by atoms with Gasteiger partial charge in [0.25, 0.3) is 5.56 Å². The van der Waals surface area contributed by atoms with Crippen LogP contribution in [0.1, 0.15) is 30.4 Å². The third kappa shape index (κ3) is 3.37. The summed E-state index contributed by atoms with van der Waals surface area (Å²) in [7, 11) is 0. The van der Waals surface area contributed by atoms with Crippen LogP contribution in [-0.4, -0.2) is 23.2 Å². The van der Waals surface area contributed by atoms with Crippen molar-refractivity contribution in [1.82, 2.24) is 9.88 Å². The first kappa shape index (κ1) is 16.7. The number of urea groups is 1. The van der Waals surface area contributed by atoms with Crippen LogP contribution in [0.25, 0.3) is 0 Å². The van der Waals surface area contributed by atoms with E-state index in [0.29, 0.717) is 13.2 Å². The van der Waals surface area contributed by atoms with Crippen molar-refractivity contribution in [2.75, 3.05) is 11.9 Å². The minimum absolute atomic E-state index is 0.158. The summed E-state index contributed by atoms with van der Waals surface area (Å²) < 4.78 is 7.38. The van der Waals surface area contributed by atoms with Crippen molar-refractivity contribution in [1.29, 1.82) is 0 Å². The number of ether oxygens (including phenoxy) is 1. The molecule has 2 aromatic rings. The monoisotopic (exact) mass is 347 g/mol. The highest BCUT2D eigenvalue weighted by molar-refractivity contribution is 7.10. The Bertz CT molecular complexity index is 783. The number of hydrogen-bond acceptors (Lipinski definition) is 4. The summed E-state index contributed by atoms with van der Waals surface area (Å²) in [5.74, 6) is 0. The van der Waals surface area contributed by atoms with Crippen molar-refractivity contribution in [3.05, 3.63) is 50.6 Å². The minimum atomic E-state index is -0.403. The molecule has 0 unspecified atom stereocenters. The van der Waals surface area contributed by atoms with Crippen LogP contribution in [0.5, 0.6) is 0 Å². The maximum absolute atomic E-state index is 12.2. The smallest absolute Gasteiger partial charge is 0.319 e. The predicted molar refractivity (Wildman–Crippen MR) is 94.7 cm³/mol. The van der Waals surface area contributed by atoms with E-state index in [1.54, 1.807) is 34.2 Å². The van der Waals surface area contributed by atoms with E-state index in [1.807, 2.05) is 13.8 Å². The molecule has 3 heterocycles. The number of carbonyl (C=O) groups excluding carboxylic acids is 1. The summed E-state index contributed by atoms with van der Waals surface area (Å²) in [6, 6.07) is 4.80. The molecule has 0 saturated heterocycles. The zero-order chi connectivity index (χ0) is 17.1. The molecule has 0 aromatic carbocycles. The van der Waals surface area contributed by atoms with Gasteiger partial charge in [0.15, 0.2) is 0 Å². The average Bonchev–Trinajstić information content (AvgIpc) is 3.05. The number of aromatic nitrogens is 1. The number of anilines is 1. The molecule has 2 atom stereocenters. The molecule has 24 heavy (non-hydrogen) atoms. The minimum Gasteiger partial charge on any atom is -0.371 e. The van der Waals surface area contributed by atoms with Crippen molar-refractivity contribution >= 4 is 23.1 Å². The lowest BCUT2D eigenvalue weighted by Crippen LogP contribution is -2.42. The lowest BCUT2D eigenvalue weighted by atomic mass is 10.0. The van der Waals surface area contributed by atoms with Gasteiger partial charge in [-0.25, -0.2) is 4.79 Å². The first-order valence-corrected chi connectivity index (χ1v) is 8.93. The Morgan fingerprint density at radius 1 is 1.50 bits per heavy atom. The molecule has 128 valence electrons. The second kappa shape index (κ2) is 7.19. The fourth-order valence-corrected chi connectivity index (χ4v) is 3.81. The predicted octanol–water partition coefficient (Wildman–Crippen LogP) is 2.75. The highest BCUT2D eigenvalue weighted by Crippen LogP contribution is 2.33. The molecule has 1 aliphatic rings. The Kier molecular flexibility index (Phi) is 5.01. The Morgan fingerprint density at radius 2 is 2.33 bits per heavy atom. The summed E-state index contributed by atoms with van der Waals surface area (Å²) >= 11 is 1.72. The molecule has 0 spiro atoms. The summed E-state index contributed by atoms with van der Waals surface area (Å²) in [5, 5.41) is 7.56. The number of amides is 2. The SMILES string of the molecule is CCn1cccc(NC(=O)N[C@H](C)[C@@H]2OCCc3sccc32)c1=O. The molecule has 7 heteroatoms. The summed E-state index contributed by atoms with van der Waals surface area (Å²) in [6.07, 6.45) is 2.46. The van der Waals surface area contributed by atoms with E-state index in [2.05, 4.69) is 22.1 Å². The fraction of sp³-hybridized carbons (Fsp3) is 0.412. The quantitative estimate of drug-likeness (QED) is 0.893. The number of thiophene rings is 1. The second-order valence-corrected chi connectivity index (χ2v) is 6.74. The van der Waals surface area contributed by atoms with E-state index < -0.39 is 6.03 Å². The van der Waals surface area contributed by atoms with Gasteiger partial charge in [-0.2, -0.15) is 0 Å². The molecule has 2 amide bonds. The van der Waals surface area contributed by atoms with Crippen molar-refractivity contribution < 1.29 is 9.53 Å². The molecule has 1 aliphatic heterocycles. The molecule has 0 aliphatic carbocycles. The molecule has 0 bridgehead atoms. The largest absolute Gasteiger partial charge is 0.371 e. The number of aryl methyl sites for hydroxylation is 1. The van der Waals surface area contributed by atoms with Gasteiger partial charge in [-0.05, 0) is 43.0 Å². The van der Waals surface area contributed by atoms with Crippen LogP contribution in [0.4, 0.5) is 10.5 Å². The summed E-state index contributed by atoms with van der Waals surface area (Å²) in [4.78, 5) is 25.7. The van der Waals surface area contributed by atoms with Gasteiger partial charge < -0.3 is 19.9 Å². The third-order valence-corrected chi connectivity index (χ3v) is 5.13. The maximum Gasteiger partial charge on any atom is 0.319 e. The highest BCUT2D eigenvalue weighted by atomic mass is 32.1. The molecule has 2 aromatic heterocycles. The van der Waals surface area contributed by atoms with Gasteiger partial charge in [-0.3, -0.25) is 4.79 Å². The van der Waals surface area contributed by atoms with Gasteiger partial charge in [-0.15, -0.1) is 11.3 Å². The summed E-state index contributed by atoms with van der Waals surface area (Å²) in [6.45, 7) is 5.01. The number of hydrogen-bond donors (Lipinski definition) is 2. The Morgan fingerprint density at radius 3 is 3.12 bits per heavy atom. The van der Waals surface area contributed by atoms with Crippen LogP contribution in [0.2, 0.25) is 0 Å². The van der Waals surface area contributed by atoms with Crippen LogP contribution in [0.15, 0.2) is 34.6 Å². The van der Waals surface area contributed by atoms with E-state index in [0.717, 1.165) is 12.0 Å². The van der Waals surface area contributed by atoms with Crippen molar-refractivity contribution in [3.8, 4) is 0 Å². The first-order chi connectivity index (χ1) is 11.6. The van der Waals surface area contributed by atoms with Gasteiger partial charge >= 0.3 is 6.03 Å². The Hall–Kier alpha value is -2.12. The number of rotatable bonds is 4. The average molecular weight is 347 g/mol. The van der Waals surface area contributed by atoms with Gasteiger partial charge in [0.2, 0.25) is 0 Å². The highest BCUT2D eigenvalue weighted by Gasteiger charge is 2.28. The van der Waals surface area contributed by atoms with Crippen LogP contribution in [0.3, 0.4) is 0 Å². The molecule has 0 saturated carbocycles. The molecule has 0 fully saturated rings. The molecular formula is C17H21N3O3S. The summed E-state index contributed by atoms with van der Waals surface area (Å²) in [5.41, 5.74) is 1.20. The van der Waals surface area contributed by atoms with Gasteiger partial charge in [-0.1, -0.05) is 0 Å². The maximum atomic E-state index is 12.2. The number of carbonyl (C=O) groups is 1. The van der Waals surface area contributed by atoms with E-state index in [9.17, 15) is 9.59 Å². The first-order valence-electron chi connectivity index (χ1n) is 8.05. The van der Waals surface area contributed by atoms with Crippen molar-refractivity contribution in [2.24, 2.45) is 0 Å². The number of nitrogens with one attached hydrogen (secondary N) is 2. The van der Waals surface area contributed by atoms with Gasteiger partial charge in [0.05, 0.1) is 12.6 Å². The number of pyridine rings is 1. The van der Waals surface area contributed by atoms with E-state index in [4.69, 9.17) is 4.74 Å². The van der Waals surface area contributed by atoms with E-state index in [1.165, 1.54) is 4.88 Å². The normalized spacial score (nSPS) is 17.8. The van der Waals surface area contributed by atoms with Gasteiger partial charge in [0, 0.05) is 24.0 Å². The van der Waals surface area contributed by atoms with Crippen LogP contribution < -0.4 is 16.2 Å². The van der Waals surface area contributed by atoms with Crippen LogP contribution >= 0.6 is 11.3 Å². The van der Waals surface area contributed by atoms with Crippen molar-refractivity contribution in [3.63, 3.8) is 0 Å². The fourth-order valence-electron chi connectivity index (χ4n) is 2.91. The third-order valence-electron chi connectivity index (χ3n) is 4.13. The lowest BCUT2D eigenvalue weighted by Gasteiger charge is -2.29. The van der Waals surface area contributed by atoms with Crippen LogP contribution in [-0.2, 0) is 17.7 Å². The number of nitrogens with zero attached hydrogens (tertiary/aromatic N) is 1. The second-order valence-electron chi connectivity index (χ2n) is 5.74. The Balaban J connectivity index is 1.67. The molecule has 6 nitrogen and oxygen atoms in total. The molecule has 2 N–H and O–H groups in total. The zero-order valence-electron chi connectivity index (χ0n) is 13.7. The molecule has 0 radical (unpaired) electrons. The zero-order valence-corrected chi connectivity index (χ0v) is 14.6. The topological polar surface area (TPSA) is 72.4 Å². The number of fused-ring (bicyclic) bond motifs is 1. The van der Waals surface area contributed by atoms with Crippen molar-refractivity contribution in [2.45, 2.75) is 39.0 Å². The molecular weight excluding hydrogens is 326 g/mol.